The molecule has 4 nitrogen and oxygen atoms in total. The van der Waals surface area contributed by atoms with Crippen molar-refractivity contribution in [2.45, 2.75) is 13.3 Å². The van der Waals surface area contributed by atoms with E-state index >= 15 is 0 Å². The van der Waals surface area contributed by atoms with E-state index in [-0.39, 0.29) is 5.12 Å². The third-order valence-corrected chi connectivity index (χ3v) is 3.42. The van der Waals surface area contributed by atoms with Crippen molar-refractivity contribution in [1.29, 1.82) is 0 Å². The number of thioether (sulfide) groups is 1. The summed E-state index contributed by atoms with van der Waals surface area (Å²) < 4.78 is 4.51. The van der Waals surface area contributed by atoms with E-state index in [0.29, 0.717) is 11.1 Å². The second-order valence-electron chi connectivity index (χ2n) is 4.01. The van der Waals surface area contributed by atoms with Gasteiger partial charge in [-0.2, -0.15) is 0 Å². The number of hydrogen-bond acceptors (Lipinski definition) is 5. The predicted octanol–water partition coefficient (Wildman–Crippen LogP) is 2.68. The highest BCUT2D eigenvalue weighted by Gasteiger charge is 2.29. The minimum Gasteiger partial charge on any atom is -0.386 e. The van der Waals surface area contributed by atoms with Crippen LogP contribution in [0.1, 0.15) is 39.6 Å². The van der Waals surface area contributed by atoms with Crippen LogP contribution in [0.25, 0.3) is 6.08 Å². The third kappa shape index (κ3) is 3.32. The quantitative estimate of drug-likeness (QED) is 0.480. The maximum atomic E-state index is 11.4. The molecular weight excluding hydrogens is 264 g/mol. The summed E-state index contributed by atoms with van der Waals surface area (Å²) in [5, 5.41) is 0.104. The molecule has 0 unspecified atom stereocenters. The van der Waals surface area contributed by atoms with Gasteiger partial charge in [0.1, 0.15) is 0 Å². The largest absolute Gasteiger partial charge is 0.386 e. The molecule has 0 amide bonds. The lowest BCUT2D eigenvalue weighted by Crippen LogP contribution is -1.96. The maximum absolute atomic E-state index is 11.4. The second kappa shape index (κ2) is 5.84. The van der Waals surface area contributed by atoms with Crippen LogP contribution in [-0.4, -0.2) is 22.8 Å². The Morgan fingerprint density at radius 3 is 2.74 bits per heavy atom. The van der Waals surface area contributed by atoms with E-state index < -0.39 is 11.9 Å². The van der Waals surface area contributed by atoms with E-state index in [4.69, 9.17) is 0 Å². The lowest BCUT2D eigenvalue weighted by atomic mass is 10.1. The molecule has 0 bridgehead atoms. The van der Waals surface area contributed by atoms with Crippen molar-refractivity contribution in [2.75, 3.05) is 5.75 Å². The molecule has 98 valence electrons. The Balaban J connectivity index is 2.01. The highest BCUT2D eigenvalue weighted by atomic mass is 32.2. The van der Waals surface area contributed by atoms with Crippen LogP contribution in [-0.2, 0) is 9.53 Å². The number of rotatable bonds is 4. The van der Waals surface area contributed by atoms with Crippen molar-refractivity contribution in [3.63, 3.8) is 0 Å². The highest BCUT2D eigenvalue weighted by molar-refractivity contribution is 8.13. The summed E-state index contributed by atoms with van der Waals surface area (Å²) >= 11 is 1.28. The molecule has 5 heteroatoms. The van der Waals surface area contributed by atoms with E-state index in [9.17, 15) is 14.4 Å². The van der Waals surface area contributed by atoms with E-state index in [0.717, 1.165) is 17.7 Å². The summed E-state index contributed by atoms with van der Waals surface area (Å²) in [5.41, 5.74) is 1.46. The van der Waals surface area contributed by atoms with Crippen LogP contribution in [0.3, 0.4) is 0 Å². The van der Waals surface area contributed by atoms with Crippen molar-refractivity contribution in [1.82, 2.24) is 0 Å². The number of carbonyl (C=O) groups excluding carboxylic acids is 3. The number of benzene rings is 1. The first-order valence-electron chi connectivity index (χ1n) is 5.78. The number of hydrogen-bond donors (Lipinski definition) is 0. The molecule has 0 radical (unpaired) electrons. The molecule has 1 aromatic carbocycles. The van der Waals surface area contributed by atoms with Gasteiger partial charge in [0.25, 0.3) is 0 Å². The van der Waals surface area contributed by atoms with Crippen LogP contribution in [0.5, 0.6) is 0 Å². The molecule has 0 atom stereocenters. The van der Waals surface area contributed by atoms with Gasteiger partial charge in [-0.3, -0.25) is 4.79 Å². The van der Waals surface area contributed by atoms with E-state index in [1.807, 2.05) is 12.2 Å². The van der Waals surface area contributed by atoms with Crippen LogP contribution in [0.2, 0.25) is 0 Å². The predicted molar refractivity (Wildman–Crippen MR) is 73.0 cm³/mol. The molecule has 2 rings (SSSR count). The van der Waals surface area contributed by atoms with Crippen molar-refractivity contribution >= 4 is 34.9 Å². The first-order valence-corrected chi connectivity index (χ1v) is 6.77. The number of allylic oxidation sites excluding steroid dienone is 1. The topological polar surface area (TPSA) is 60.4 Å². The zero-order valence-corrected chi connectivity index (χ0v) is 11.2. The number of ether oxygens (including phenoxy) is 1. The van der Waals surface area contributed by atoms with Gasteiger partial charge >= 0.3 is 11.9 Å². The van der Waals surface area contributed by atoms with Crippen molar-refractivity contribution in [3.8, 4) is 0 Å². The number of esters is 2. The Morgan fingerprint density at radius 1 is 1.26 bits per heavy atom. The average Bonchev–Trinajstić information content (AvgIpc) is 2.64. The molecule has 0 spiro atoms. The van der Waals surface area contributed by atoms with Gasteiger partial charge in [0.2, 0.25) is 0 Å². The van der Waals surface area contributed by atoms with Gasteiger partial charge in [0.15, 0.2) is 5.12 Å². The van der Waals surface area contributed by atoms with E-state index in [2.05, 4.69) is 4.74 Å². The summed E-state index contributed by atoms with van der Waals surface area (Å²) in [6.45, 7) is 1.54. The van der Waals surface area contributed by atoms with E-state index in [1.165, 1.54) is 18.7 Å². The van der Waals surface area contributed by atoms with Gasteiger partial charge in [-0.15, -0.1) is 0 Å². The molecule has 1 aromatic rings. The number of cyclic esters (lactones) is 2. The molecular formula is C14H12O4S. The first-order chi connectivity index (χ1) is 9.08. The lowest BCUT2D eigenvalue weighted by molar-refractivity contribution is -0.109. The van der Waals surface area contributed by atoms with Crippen molar-refractivity contribution in [2.24, 2.45) is 0 Å². The summed E-state index contributed by atoms with van der Waals surface area (Å²) in [5.74, 6) is -0.451. The molecule has 0 aliphatic carbocycles. The van der Waals surface area contributed by atoms with Crippen molar-refractivity contribution in [3.05, 3.63) is 41.0 Å². The minimum absolute atomic E-state index is 0.104. The zero-order valence-electron chi connectivity index (χ0n) is 10.3. The molecule has 0 saturated heterocycles. The third-order valence-electron chi connectivity index (χ3n) is 2.57. The lowest BCUT2D eigenvalue weighted by Gasteiger charge is -1.96. The van der Waals surface area contributed by atoms with Crippen LogP contribution >= 0.6 is 11.8 Å². The SMILES string of the molecule is CC(=O)SCCC=Cc1ccc2c(c1)C(=O)OC2=O. The monoisotopic (exact) mass is 276 g/mol. The normalized spacial score (nSPS) is 13.7. The highest BCUT2D eigenvalue weighted by Crippen LogP contribution is 2.21. The van der Waals surface area contributed by atoms with Crippen molar-refractivity contribution < 1.29 is 19.1 Å². The fourth-order valence-corrected chi connectivity index (χ4v) is 2.24. The van der Waals surface area contributed by atoms with Gasteiger partial charge in [-0.25, -0.2) is 9.59 Å². The molecule has 0 aromatic heterocycles. The van der Waals surface area contributed by atoms with Crippen LogP contribution in [0, 0.1) is 0 Å². The summed E-state index contributed by atoms with van der Waals surface area (Å²) in [7, 11) is 0. The smallest absolute Gasteiger partial charge is 0.346 e. The van der Waals surface area contributed by atoms with Gasteiger partial charge < -0.3 is 4.74 Å². The Bertz CT molecular complexity index is 575. The molecule has 0 fully saturated rings. The maximum Gasteiger partial charge on any atom is 0.346 e. The Kier molecular flexibility index (Phi) is 4.16. The fraction of sp³-hybridized carbons (Fsp3) is 0.214. The standard InChI is InChI=1S/C14H12O4S/c1-9(15)19-7-3-2-4-10-5-6-11-12(8-10)14(17)18-13(11)16/h2,4-6,8H,3,7H2,1H3. The van der Waals surface area contributed by atoms with E-state index in [1.54, 1.807) is 18.2 Å². The van der Waals surface area contributed by atoms with Gasteiger partial charge in [0.05, 0.1) is 11.1 Å². The van der Waals surface area contributed by atoms with Gasteiger partial charge in [-0.05, 0) is 24.1 Å². The molecule has 0 N–H and O–H groups in total. The molecule has 19 heavy (non-hydrogen) atoms. The fourth-order valence-electron chi connectivity index (χ4n) is 1.70. The summed E-state index contributed by atoms with van der Waals surface area (Å²) in [6.07, 6.45) is 4.56. The number of carbonyl (C=O) groups is 3. The van der Waals surface area contributed by atoms with Crippen LogP contribution in [0.15, 0.2) is 24.3 Å². The molecule has 1 aliphatic heterocycles. The molecule has 1 aliphatic rings. The first kappa shape index (κ1) is 13.5. The Morgan fingerprint density at radius 2 is 2.00 bits per heavy atom. The Hall–Kier alpha value is -1.88. The average molecular weight is 276 g/mol. The van der Waals surface area contributed by atoms with Crippen LogP contribution in [0.4, 0.5) is 0 Å². The molecule has 1 heterocycles. The molecule has 0 saturated carbocycles. The Labute approximate surface area is 114 Å². The van der Waals surface area contributed by atoms with Crippen LogP contribution < -0.4 is 0 Å². The van der Waals surface area contributed by atoms with Gasteiger partial charge in [0, 0.05) is 12.7 Å². The number of fused-ring (bicyclic) bond motifs is 1. The summed E-state index contributed by atoms with van der Waals surface area (Å²) in [6, 6.07) is 4.98. The summed E-state index contributed by atoms with van der Waals surface area (Å²) in [4.78, 5) is 33.4. The minimum atomic E-state index is -0.595. The second-order valence-corrected chi connectivity index (χ2v) is 5.28. The van der Waals surface area contributed by atoms with Gasteiger partial charge in [-0.1, -0.05) is 30.0 Å². The zero-order chi connectivity index (χ0) is 13.8.